The van der Waals surface area contributed by atoms with Crippen molar-refractivity contribution in [2.45, 2.75) is 25.9 Å². The van der Waals surface area contributed by atoms with Gasteiger partial charge in [0, 0.05) is 30.3 Å². The third-order valence-corrected chi connectivity index (χ3v) is 4.02. The summed E-state index contributed by atoms with van der Waals surface area (Å²) < 4.78 is 3.06. The topological polar surface area (TPSA) is 38.1 Å². The highest BCUT2D eigenvalue weighted by Crippen LogP contribution is 2.23. The van der Waals surface area contributed by atoms with Gasteiger partial charge in [-0.05, 0) is 30.5 Å². The van der Waals surface area contributed by atoms with Crippen molar-refractivity contribution in [2.24, 2.45) is 7.05 Å². The molecule has 2 aromatic rings. The number of rotatable bonds is 4. The first-order valence-electron chi connectivity index (χ1n) is 5.98. The highest BCUT2D eigenvalue weighted by Gasteiger charge is 2.10. The van der Waals surface area contributed by atoms with E-state index in [4.69, 9.17) is 0 Å². The summed E-state index contributed by atoms with van der Waals surface area (Å²) >= 11 is 3.46. The van der Waals surface area contributed by atoms with Gasteiger partial charge in [-0.3, -0.25) is 0 Å². The fourth-order valence-electron chi connectivity index (χ4n) is 1.95. The van der Waals surface area contributed by atoms with Crippen molar-refractivity contribution in [1.82, 2.24) is 9.55 Å². The summed E-state index contributed by atoms with van der Waals surface area (Å²) in [5, 5.41) is 10.2. The van der Waals surface area contributed by atoms with E-state index in [0.29, 0.717) is 6.42 Å². The predicted octanol–water partition coefficient (Wildman–Crippen LogP) is 3.16. The Hall–Kier alpha value is -1.13. The van der Waals surface area contributed by atoms with Gasteiger partial charge < -0.3 is 9.67 Å². The molecular formula is C14H17BrN2O. The molecular weight excluding hydrogens is 292 g/mol. The van der Waals surface area contributed by atoms with E-state index in [1.54, 1.807) is 6.20 Å². The SMILES string of the molecule is Cc1cc(C(O)CCc2nccn2C)ccc1Br. The van der Waals surface area contributed by atoms with Gasteiger partial charge in [-0.2, -0.15) is 0 Å². The highest BCUT2D eigenvalue weighted by atomic mass is 79.9. The molecule has 0 saturated heterocycles. The Labute approximate surface area is 116 Å². The van der Waals surface area contributed by atoms with Crippen LogP contribution in [0.25, 0.3) is 0 Å². The van der Waals surface area contributed by atoms with Crippen molar-refractivity contribution in [3.63, 3.8) is 0 Å². The monoisotopic (exact) mass is 308 g/mol. The lowest BCUT2D eigenvalue weighted by Gasteiger charge is -2.12. The lowest BCUT2D eigenvalue weighted by atomic mass is 10.0. The Bertz CT molecular complexity index is 536. The highest BCUT2D eigenvalue weighted by molar-refractivity contribution is 9.10. The van der Waals surface area contributed by atoms with Gasteiger partial charge in [-0.25, -0.2) is 4.98 Å². The number of halogens is 1. The second-order valence-electron chi connectivity index (χ2n) is 4.52. The molecule has 1 N–H and O–H groups in total. The van der Waals surface area contributed by atoms with E-state index in [1.165, 1.54) is 0 Å². The maximum atomic E-state index is 10.2. The van der Waals surface area contributed by atoms with Gasteiger partial charge in [0.1, 0.15) is 5.82 Å². The molecule has 0 aliphatic carbocycles. The van der Waals surface area contributed by atoms with E-state index in [9.17, 15) is 5.11 Å². The average Bonchev–Trinajstić information content (AvgIpc) is 2.75. The summed E-state index contributed by atoms with van der Waals surface area (Å²) in [4.78, 5) is 4.26. The minimum atomic E-state index is -0.437. The fraction of sp³-hybridized carbons (Fsp3) is 0.357. The quantitative estimate of drug-likeness (QED) is 0.942. The maximum Gasteiger partial charge on any atom is 0.108 e. The number of aliphatic hydroxyl groups excluding tert-OH is 1. The van der Waals surface area contributed by atoms with Crippen LogP contribution in [-0.2, 0) is 13.5 Å². The van der Waals surface area contributed by atoms with Crippen LogP contribution in [0.5, 0.6) is 0 Å². The van der Waals surface area contributed by atoms with Crippen LogP contribution in [-0.4, -0.2) is 14.7 Å². The molecule has 0 aliphatic heterocycles. The molecule has 0 aliphatic rings. The van der Waals surface area contributed by atoms with Crippen molar-refractivity contribution < 1.29 is 5.11 Å². The van der Waals surface area contributed by atoms with Crippen LogP contribution in [0.3, 0.4) is 0 Å². The third-order valence-electron chi connectivity index (χ3n) is 3.13. The molecule has 0 radical (unpaired) electrons. The molecule has 0 amide bonds. The summed E-state index contributed by atoms with van der Waals surface area (Å²) in [5.41, 5.74) is 2.11. The normalized spacial score (nSPS) is 12.7. The molecule has 1 unspecified atom stereocenters. The summed E-state index contributed by atoms with van der Waals surface area (Å²) in [6.45, 7) is 2.03. The van der Waals surface area contributed by atoms with Crippen LogP contribution < -0.4 is 0 Å². The van der Waals surface area contributed by atoms with E-state index >= 15 is 0 Å². The van der Waals surface area contributed by atoms with Crippen LogP contribution in [0.4, 0.5) is 0 Å². The smallest absolute Gasteiger partial charge is 0.108 e. The second-order valence-corrected chi connectivity index (χ2v) is 5.37. The Morgan fingerprint density at radius 1 is 1.44 bits per heavy atom. The van der Waals surface area contributed by atoms with Crippen LogP contribution in [0.2, 0.25) is 0 Å². The van der Waals surface area contributed by atoms with E-state index < -0.39 is 6.10 Å². The summed E-state index contributed by atoms with van der Waals surface area (Å²) in [5.74, 6) is 1.00. The Morgan fingerprint density at radius 2 is 2.22 bits per heavy atom. The molecule has 3 nitrogen and oxygen atoms in total. The predicted molar refractivity (Wildman–Crippen MR) is 75.4 cm³/mol. The lowest BCUT2D eigenvalue weighted by molar-refractivity contribution is 0.166. The van der Waals surface area contributed by atoms with Crippen LogP contribution in [0, 0.1) is 6.92 Å². The molecule has 18 heavy (non-hydrogen) atoms. The zero-order valence-electron chi connectivity index (χ0n) is 10.6. The minimum Gasteiger partial charge on any atom is -0.388 e. The van der Waals surface area contributed by atoms with Crippen LogP contribution in [0.1, 0.15) is 29.5 Å². The van der Waals surface area contributed by atoms with Crippen LogP contribution >= 0.6 is 15.9 Å². The van der Waals surface area contributed by atoms with Gasteiger partial charge in [-0.15, -0.1) is 0 Å². The molecule has 0 saturated carbocycles. The number of benzene rings is 1. The molecule has 0 bridgehead atoms. The Balaban J connectivity index is 2.01. The number of hydrogen-bond donors (Lipinski definition) is 1. The number of hydrogen-bond acceptors (Lipinski definition) is 2. The van der Waals surface area contributed by atoms with E-state index in [1.807, 2.05) is 42.9 Å². The summed E-state index contributed by atoms with van der Waals surface area (Å²) in [7, 11) is 1.97. The first kappa shape index (κ1) is 13.3. The minimum absolute atomic E-state index is 0.437. The summed E-state index contributed by atoms with van der Waals surface area (Å²) in [6.07, 6.45) is 4.73. The van der Waals surface area contributed by atoms with E-state index in [-0.39, 0.29) is 0 Å². The van der Waals surface area contributed by atoms with Gasteiger partial charge in [0.25, 0.3) is 0 Å². The van der Waals surface area contributed by atoms with Gasteiger partial charge >= 0.3 is 0 Å². The van der Waals surface area contributed by atoms with E-state index in [0.717, 1.165) is 27.8 Å². The number of aliphatic hydroxyl groups is 1. The zero-order chi connectivity index (χ0) is 13.1. The Kier molecular flexibility index (Phi) is 4.19. The maximum absolute atomic E-state index is 10.2. The molecule has 1 atom stereocenters. The summed E-state index contributed by atoms with van der Waals surface area (Å²) in [6, 6.07) is 5.96. The number of aryl methyl sites for hydroxylation is 3. The molecule has 0 spiro atoms. The molecule has 4 heteroatoms. The van der Waals surface area contributed by atoms with Crippen molar-refractivity contribution >= 4 is 15.9 Å². The standard InChI is InChI=1S/C14H17BrN2O/c1-10-9-11(3-4-12(10)15)13(18)5-6-14-16-7-8-17(14)2/h3-4,7-9,13,18H,5-6H2,1-2H3. The number of imidazole rings is 1. The van der Waals surface area contributed by atoms with Crippen molar-refractivity contribution in [2.75, 3.05) is 0 Å². The largest absolute Gasteiger partial charge is 0.388 e. The van der Waals surface area contributed by atoms with Gasteiger partial charge in [0.15, 0.2) is 0 Å². The average molecular weight is 309 g/mol. The first-order valence-corrected chi connectivity index (χ1v) is 6.77. The fourth-order valence-corrected chi connectivity index (χ4v) is 2.19. The third kappa shape index (κ3) is 3.00. The number of nitrogens with zero attached hydrogens (tertiary/aromatic N) is 2. The first-order chi connectivity index (χ1) is 8.58. The molecule has 1 heterocycles. The van der Waals surface area contributed by atoms with Gasteiger partial charge in [0.05, 0.1) is 6.10 Å². The molecule has 1 aromatic heterocycles. The van der Waals surface area contributed by atoms with Crippen LogP contribution in [0.15, 0.2) is 35.1 Å². The zero-order valence-corrected chi connectivity index (χ0v) is 12.2. The van der Waals surface area contributed by atoms with Crippen molar-refractivity contribution in [1.29, 1.82) is 0 Å². The molecule has 1 aromatic carbocycles. The Morgan fingerprint density at radius 3 is 2.83 bits per heavy atom. The molecule has 0 fully saturated rings. The van der Waals surface area contributed by atoms with Gasteiger partial charge in [-0.1, -0.05) is 28.1 Å². The van der Waals surface area contributed by atoms with Crippen molar-refractivity contribution in [3.05, 3.63) is 52.0 Å². The number of aromatic nitrogens is 2. The molecule has 96 valence electrons. The van der Waals surface area contributed by atoms with E-state index in [2.05, 4.69) is 20.9 Å². The molecule has 2 rings (SSSR count). The lowest BCUT2D eigenvalue weighted by Crippen LogP contribution is -2.03. The second kappa shape index (κ2) is 5.67. The van der Waals surface area contributed by atoms with Gasteiger partial charge in [0.2, 0.25) is 0 Å². The van der Waals surface area contributed by atoms with Crippen molar-refractivity contribution in [3.8, 4) is 0 Å².